The number of aryl methyl sites for hydroxylation is 1. The first-order valence-corrected chi connectivity index (χ1v) is 8.31. The number of benzene rings is 1. The highest BCUT2D eigenvalue weighted by Crippen LogP contribution is 2.32. The topological polar surface area (TPSA) is 12.0 Å². The Morgan fingerprint density at radius 1 is 1.28 bits per heavy atom. The van der Waals surface area contributed by atoms with E-state index in [-0.39, 0.29) is 6.04 Å². The summed E-state index contributed by atoms with van der Waals surface area (Å²) in [6.45, 7) is 5.23. The molecular formula is C14H15Br2NS. The van der Waals surface area contributed by atoms with Crippen molar-refractivity contribution >= 4 is 43.2 Å². The lowest BCUT2D eigenvalue weighted by atomic mass is 10.0. The lowest BCUT2D eigenvalue weighted by Crippen LogP contribution is -2.21. The number of nitrogens with one attached hydrogen (secondary N) is 1. The quantitative estimate of drug-likeness (QED) is 0.751. The molecule has 1 nitrogen and oxygen atoms in total. The van der Waals surface area contributed by atoms with E-state index in [0.717, 1.165) is 15.5 Å². The number of thiophene rings is 1. The van der Waals surface area contributed by atoms with E-state index in [1.807, 2.05) is 0 Å². The highest BCUT2D eigenvalue weighted by Gasteiger charge is 2.16. The van der Waals surface area contributed by atoms with Crippen LogP contribution < -0.4 is 5.32 Å². The second kappa shape index (κ2) is 6.33. The van der Waals surface area contributed by atoms with Crippen molar-refractivity contribution in [3.05, 3.63) is 54.6 Å². The first-order valence-electron chi connectivity index (χ1n) is 5.85. The summed E-state index contributed by atoms with van der Waals surface area (Å²) >= 11 is 8.95. The van der Waals surface area contributed by atoms with Gasteiger partial charge in [-0.2, -0.15) is 0 Å². The molecule has 1 N–H and O–H groups in total. The molecule has 1 aromatic carbocycles. The minimum absolute atomic E-state index is 0.252. The Hall–Kier alpha value is -0.160. The monoisotopic (exact) mass is 387 g/mol. The molecule has 0 bridgehead atoms. The van der Waals surface area contributed by atoms with Crippen LogP contribution in [0.2, 0.25) is 0 Å². The maximum atomic E-state index is 3.66. The summed E-state index contributed by atoms with van der Waals surface area (Å²) in [6, 6.07) is 8.85. The summed E-state index contributed by atoms with van der Waals surface area (Å²) in [5, 5.41) is 5.78. The van der Waals surface area contributed by atoms with Gasteiger partial charge in [0.25, 0.3) is 0 Å². The third kappa shape index (κ3) is 3.23. The van der Waals surface area contributed by atoms with E-state index in [4.69, 9.17) is 0 Å². The van der Waals surface area contributed by atoms with E-state index in [0.29, 0.717) is 0 Å². The Kier molecular flexibility index (Phi) is 5.01. The Bertz CT molecular complexity index is 536. The minimum Gasteiger partial charge on any atom is -0.306 e. The number of halogens is 2. The van der Waals surface area contributed by atoms with Crippen molar-refractivity contribution in [2.75, 3.05) is 6.54 Å². The van der Waals surface area contributed by atoms with E-state index in [1.165, 1.54) is 16.0 Å². The van der Waals surface area contributed by atoms with Crippen LogP contribution in [-0.2, 0) is 0 Å². The predicted molar refractivity (Wildman–Crippen MR) is 86.4 cm³/mol. The molecule has 0 radical (unpaired) electrons. The van der Waals surface area contributed by atoms with Gasteiger partial charge in [-0.25, -0.2) is 0 Å². The number of hydrogen-bond acceptors (Lipinski definition) is 2. The van der Waals surface area contributed by atoms with Crippen molar-refractivity contribution in [3.63, 3.8) is 0 Å². The third-order valence-corrected chi connectivity index (χ3v) is 4.83. The maximum absolute atomic E-state index is 3.66. The molecule has 4 heteroatoms. The number of rotatable bonds is 4. The van der Waals surface area contributed by atoms with Crippen molar-refractivity contribution in [1.82, 2.24) is 5.32 Å². The van der Waals surface area contributed by atoms with Crippen molar-refractivity contribution in [2.45, 2.75) is 19.9 Å². The Balaban J connectivity index is 2.41. The summed E-state index contributed by atoms with van der Waals surface area (Å²) in [5.74, 6) is 0. The molecule has 2 rings (SSSR count). The Morgan fingerprint density at radius 2 is 2.06 bits per heavy atom. The molecule has 1 atom stereocenters. The number of hydrogen-bond donors (Lipinski definition) is 1. The molecule has 1 heterocycles. The molecule has 1 aromatic heterocycles. The zero-order chi connectivity index (χ0) is 13.1. The molecule has 0 saturated heterocycles. The van der Waals surface area contributed by atoms with Gasteiger partial charge >= 0.3 is 0 Å². The van der Waals surface area contributed by atoms with Gasteiger partial charge in [-0.15, -0.1) is 11.3 Å². The van der Waals surface area contributed by atoms with Gasteiger partial charge in [-0.3, -0.25) is 0 Å². The minimum atomic E-state index is 0.252. The van der Waals surface area contributed by atoms with Crippen LogP contribution in [0.1, 0.15) is 29.0 Å². The normalized spacial score (nSPS) is 12.7. The largest absolute Gasteiger partial charge is 0.306 e. The second-order valence-electron chi connectivity index (χ2n) is 4.15. The maximum Gasteiger partial charge on any atom is 0.0596 e. The molecule has 0 fully saturated rings. The smallest absolute Gasteiger partial charge is 0.0596 e. The summed E-state index contributed by atoms with van der Waals surface area (Å²) in [6.07, 6.45) is 0. The molecule has 1 unspecified atom stereocenters. The first kappa shape index (κ1) is 14.3. The van der Waals surface area contributed by atoms with Gasteiger partial charge in [0.1, 0.15) is 0 Å². The van der Waals surface area contributed by atoms with Crippen LogP contribution in [0.15, 0.2) is 38.6 Å². The van der Waals surface area contributed by atoms with E-state index < -0.39 is 0 Å². The average molecular weight is 389 g/mol. The van der Waals surface area contributed by atoms with Crippen molar-refractivity contribution in [3.8, 4) is 0 Å². The lowest BCUT2D eigenvalue weighted by Gasteiger charge is -2.19. The van der Waals surface area contributed by atoms with Crippen LogP contribution >= 0.6 is 43.2 Å². The van der Waals surface area contributed by atoms with E-state index in [1.54, 1.807) is 11.3 Å². The summed E-state index contributed by atoms with van der Waals surface area (Å²) in [5.41, 5.74) is 2.61. The van der Waals surface area contributed by atoms with E-state index in [2.05, 4.69) is 80.7 Å². The molecule has 0 aliphatic heterocycles. The fourth-order valence-electron chi connectivity index (χ4n) is 1.96. The standard InChI is InChI=1S/C14H15Br2NS/c1-3-17-14(10-6-9(2)18-8-10)12-5-4-11(15)7-13(12)16/h4-8,14,17H,3H2,1-2H3. The van der Waals surface area contributed by atoms with Gasteiger partial charge in [-0.1, -0.05) is 44.8 Å². The zero-order valence-corrected chi connectivity index (χ0v) is 14.3. The summed E-state index contributed by atoms with van der Waals surface area (Å²) in [7, 11) is 0. The third-order valence-electron chi connectivity index (χ3n) is 2.77. The molecule has 0 spiro atoms. The van der Waals surface area contributed by atoms with Gasteiger partial charge in [0.05, 0.1) is 6.04 Å². The zero-order valence-electron chi connectivity index (χ0n) is 10.3. The Labute approximate surface area is 129 Å². The van der Waals surface area contributed by atoms with E-state index >= 15 is 0 Å². The molecule has 0 amide bonds. The fourth-order valence-corrected chi connectivity index (χ4v) is 3.97. The van der Waals surface area contributed by atoms with Crippen LogP contribution in [0.3, 0.4) is 0 Å². The van der Waals surface area contributed by atoms with E-state index in [9.17, 15) is 0 Å². The molecule has 96 valence electrons. The van der Waals surface area contributed by atoms with Gasteiger partial charge in [0.2, 0.25) is 0 Å². The Morgan fingerprint density at radius 3 is 2.61 bits per heavy atom. The molecule has 0 aliphatic rings. The molecule has 0 saturated carbocycles. The molecule has 0 aliphatic carbocycles. The SMILES string of the molecule is CCNC(c1csc(C)c1)c1ccc(Br)cc1Br. The molecular weight excluding hydrogens is 374 g/mol. The van der Waals surface area contributed by atoms with Crippen LogP contribution in [0.4, 0.5) is 0 Å². The van der Waals surface area contributed by atoms with Crippen molar-refractivity contribution in [1.29, 1.82) is 0 Å². The first-order chi connectivity index (χ1) is 8.61. The average Bonchev–Trinajstić information content (AvgIpc) is 2.73. The van der Waals surface area contributed by atoms with Crippen molar-refractivity contribution < 1.29 is 0 Å². The van der Waals surface area contributed by atoms with Crippen LogP contribution in [0.5, 0.6) is 0 Å². The highest BCUT2D eigenvalue weighted by molar-refractivity contribution is 9.11. The van der Waals surface area contributed by atoms with Crippen LogP contribution in [0.25, 0.3) is 0 Å². The van der Waals surface area contributed by atoms with Crippen LogP contribution in [-0.4, -0.2) is 6.54 Å². The predicted octanol–water partition coefficient (Wildman–Crippen LogP) is 5.28. The lowest BCUT2D eigenvalue weighted by molar-refractivity contribution is 0.630. The summed E-state index contributed by atoms with van der Waals surface area (Å²) < 4.78 is 2.22. The van der Waals surface area contributed by atoms with Gasteiger partial charge in [0.15, 0.2) is 0 Å². The van der Waals surface area contributed by atoms with Gasteiger partial charge < -0.3 is 5.32 Å². The molecule has 2 aromatic rings. The van der Waals surface area contributed by atoms with Crippen LogP contribution in [0, 0.1) is 6.92 Å². The highest BCUT2D eigenvalue weighted by atomic mass is 79.9. The second-order valence-corrected chi connectivity index (χ2v) is 7.03. The fraction of sp³-hybridized carbons (Fsp3) is 0.286. The van der Waals surface area contributed by atoms with Gasteiger partial charge in [-0.05, 0) is 48.2 Å². The van der Waals surface area contributed by atoms with Crippen molar-refractivity contribution in [2.24, 2.45) is 0 Å². The van der Waals surface area contributed by atoms with Gasteiger partial charge in [0, 0.05) is 13.8 Å². The summed E-state index contributed by atoms with van der Waals surface area (Å²) in [4.78, 5) is 1.35. The molecule has 18 heavy (non-hydrogen) atoms.